The molecule has 0 atom stereocenters. The average molecular weight is 225 g/mol. The molecule has 0 aliphatic rings. The van der Waals surface area contributed by atoms with Gasteiger partial charge >= 0.3 is 0 Å². The van der Waals surface area contributed by atoms with Crippen molar-refractivity contribution < 1.29 is 9.59 Å². The molecule has 1 N–H and O–H groups in total. The van der Waals surface area contributed by atoms with Gasteiger partial charge in [-0.15, -0.1) is 0 Å². The number of nitrogens with one attached hydrogen (secondary N) is 1. The van der Waals surface area contributed by atoms with Crippen LogP contribution in [0.15, 0.2) is 48.5 Å². The Kier molecular flexibility index (Phi) is 3.31. The Morgan fingerprint density at radius 3 is 1.29 bits per heavy atom. The summed E-state index contributed by atoms with van der Waals surface area (Å²) in [5.41, 5.74) is 3.09. The number of aldehydes is 2. The molecule has 3 nitrogen and oxygen atoms in total. The van der Waals surface area contributed by atoms with Crippen LogP contribution >= 0.6 is 0 Å². The number of carbonyl (C=O) groups excluding carboxylic acids is 2. The van der Waals surface area contributed by atoms with Crippen LogP contribution in [0.4, 0.5) is 11.4 Å². The molecule has 3 heteroatoms. The largest absolute Gasteiger partial charge is 0.356 e. The van der Waals surface area contributed by atoms with Crippen molar-refractivity contribution in [3.05, 3.63) is 59.7 Å². The van der Waals surface area contributed by atoms with Crippen molar-refractivity contribution in [1.82, 2.24) is 0 Å². The van der Waals surface area contributed by atoms with Gasteiger partial charge in [0, 0.05) is 22.5 Å². The molecule has 0 radical (unpaired) electrons. The first-order valence-corrected chi connectivity index (χ1v) is 5.19. The van der Waals surface area contributed by atoms with Crippen molar-refractivity contribution in [2.45, 2.75) is 0 Å². The average Bonchev–Trinajstić information content (AvgIpc) is 2.40. The normalized spacial score (nSPS) is 9.65. The minimum Gasteiger partial charge on any atom is -0.356 e. The fourth-order valence-electron chi connectivity index (χ4n) is 1.46. The number of hydrogen-bond donors (Lipinski definition) is 1. The monoisotopic (exact) mass is 225 g/mol. The molecule has 2 aromatic carbocycles. The highest BCUT2D eigenvalue weighted by molar-refractivity contribution is 5.77. The molecule has 0 amide bonds. The molecular formula is C14H11NO2. The van der Waals surface area contributed by atoms with Crippen LogP contribution in [0, 0.1) is 0 Å². The van der Waals surface area contributed by atoms with Gasteiger partial charge in [0.1, 0.15) is 12.6 Å². The quantitative estimate of drug-likeness (QED) is 0.813. The van der Waals surface area contributed by atoms with Crippen LogP contribution in [-0.2, 0) is 0 Å². The van der Waals surface area contributed by atoms with Gasteiger partial charge in [-0.3, -0.25) is 9.59 Å². The molecule has 84 valence electrons. The van der Waals surface area contributed by atoms with Crippen molar-refractivity contribution in [3.63, 3.8) is 0 Å². The zero-order valence-corrected chi connectivity index (χ0v) is 9.09. The van der Waals surface area contributed by atoms with E-state index in [-0.39, 0.29) is 0 Å². The van der Waals surface area contributed by atoms with Crippen molar-refractivity contribution >= 4 is 23.9 Å². The molecule has 0 saturated carbocycles. The number of hydrogen-bond acceptors (Lipinski definition) is 3. The minimum absolute atomic E-state index is 0.645. The summed E-state index contributed by atoms with van der Waals surface area (Å²) in [5, 5.41) is 3.17. The summed E-state index contributed by atoms with van der Waals surface area (Å²) in [6.45, 7) is 0. The lowest BCUT2D eigenvalue weighted by atomic mass is 10.2. The summed E-state index contributed by atoms with van der Waals surface area (Å²) in [6, 6.07) is 14.3. The molecule has 0 heterocycles. The highest BCUT2D eigenvalue weighted by Gasteiger charge is 1.96. The number of anilines is 2. The summed E-state index contributed by atoms with van der Waals surface area (Å²) in [6.07, 6.45) is 1.62. The molecule has 2 aromatic rings. The molecule has 0 aliphatic heterocycles. The molecule has 17 heavy (non-hydrogen) atoms. The Hall–Kier alpha value is -2.42. The van der Waals surface area contributed by atoms with Gasteiger partial charge in [0.15, 0.2) is 0 Å². The van der Waals surface area contributed by atoms with E-state index in [0.29, 0.717) is 11.1 Å². The van der Waals surface area contributed by atoms with Gasteiger partial charge in [0.05, 0.1) is 0 Å². The molecule has 0 fully saturated rings. The van der Waals surface area contributed by atoms with E-state index in [1.807, 2.05) is 24.3 Å². The standard InChI is InChI=1S/C14H11NO2/c16-9-11-1-5-13(6-2-11)15-14-7-3-12(10-17)4-8-14/h1-10,15H. The summed E-state index contributed by atoms with van der Waals surface area (Å²) in [7, 11) is 0. The molecule has 0 saturated heterocycles. The molecule has 0 aliphatic carbocycles. The third kappa shape index (κ3) is 2.78. The van der Waals surface area contributed by atoms with Crippen LogP contribution in [0.2, 0.25) is 0 Å². The number of carbonyl (C=O) groups is 2. The van der Waals surface area contributed by atoms with Crippen molar-refractivity contribution in [3.8, 4) is 0 Å². The zero-order valence-electron chi connectivity index (χ0n) is 9.09. The third-order valence-electron chi connectivity index (χ3n) is 2.38. The molecule has 0 spiro atoms. The van der Waals surface area contributed by atoms with Crippen LogP contribution in [0.5, 0.6) is 0 Å². The maximum atomic E-state index is 10.5. The van der Waals surface area contributed by atoms with Crippen molar-refractivity contribution in [2.24, 2.45) is 0 Å². The van der Waals surface area contributed by atoms with Gasteiger partial charge in [-0.05, 0) is 48.5 Å². The molecule has 0 aromatic heterocycles. The fourth-order valence-corrected chi connectivity index (χ4v) is 1.46. The van der Waals surface area contributed by atoms with E-state index in [0.717, 1.165) is 23.9 Å². The molecule has 0 unspecified atom stereocenters. The van der Waals surface area contributed by atoms with Crippen LogP contribution in [-0.4, -0.2) is 12.6 Å². The SMILES string of the molecule is O=Cc1ccc(Nc2ccc(C=O)cc2)cc1. The Morgan fingerprint density at radius 1 is 0.647 bits per heavy atom. The van der Waals surface area contributed by atoms with E-state index in [1.165, 1.54) is 0 Å². The Labute approximate surface area is 99.1 Å². The lowest BCUT2D eigenvalue weighted by Crippen LogP contribution is -1.91. The van der Waals surface area contributed by atoms with Gasteiger partial charge < -0.3 is 5.32 Å². The first kappa shape index (κ1) is 11.1. The Balaban J connectivity index is 2.13. The second kappa shape index (κ2) is 5.07. The third-order valence-corrected chi connectivity index (χ3v) is 2.38. The maximum Gasteiger partial charge on any atom is 0.150 e. The van der Waals surface area contributed by atoms with Crippen LogP contribution in [0.1, 0.15) is 20.7 Å². The topological polar surface area (TPSA) is 46.2 Å². The fraction of sp³-hybridized carbons (Fsp3) is 0. The van der Waals surface area contributed by atoms with Crippen LogP contribution < -0.4 is 5.32 Å². The van der Waals surface area contributed by atoms with E-state index in [2.05, 4.69) is 5.32 Å². The van der Waals surface area contributed by atoms with E-state index in [1.54, 1.807) is 24.3 Å². The van der Waals surface area contributed by atoms with E-state index < -0.39 is 0 Å². The second-order valence-corrected chi connectivity index (χ2v) is 3.60. The summed E-state index contributed by atoms with van der Waals surface area (Å²) in [5.74, 6) is 0. The highest BCUT2D eigenvalue weighted by atomic mass is 16.1. The van der Waals surface area contributed by atoms with E-state index in [9.17, 15) is 9.59 Å². The van der Waals surface area contributed by atoms with Crippen molar-refractivity contribution in [2.75, 3.05) is 5.32 Å². The van der Waals surface area contributed by atoms with Gasteiger partial charge in [-0.2, -0.15) is 0 Å². The van der Waals surface area contributed by atoms with E-state index in [4.69, 9.17) is 0 Å². The summed E-state index contributed by atoms with van der Waals surface area (Å²) >= 11 is 0. The Bertz CT molecular complexity index is 465. The van der Waals surface area contributed by atoms with Gasteiger partial charge in [0.25, 0.3) is 0 Å². The molecule has 2 rings (SSSR count). The summed E-state index contributed by atoms with van der Waals surface area (Å²) in [4.78, 5) is 21.0. The van der Waals surface area contributed by atoms with Gasteiger partial charge in [-0.1, -0.05) is 0 Å². The minimum atomic E-state index is 0.645. The first-order valence-electron chi connectivity index (χ1n) is 5.19. The van der Waals surface area contributed by atoms with E-state index >= 15 is 0 Å². The van der Waals surface area contributed by atoms with Crippen molar-refractivity contribution in [1.29, 1.82) is 0 Å². The zero-order chi connectivity index (χ0) is 12.1. The second-order valence-electron chi connectivity index (χ2n) is 3.60. The smallest absolute Gasteiger partial charge is 0.150 e. The lowest BCUT2D eigenvalue weighted by molar-refractivity contribution is 0.111. The highest BCUT2D eigenvalue weighted by Crippen LogP contribution is 2.16. The van der Waals surface area contributed by atoms with Crippen LogP contribution in [0.25, 0.3) is 0 Å². The number of benzene rings is 2. The number of rotatable bonds is 4. The van der Waals surface area contributed by atoms with Crippen LogP contribution in [0.3, 0.4) is 0 Å². The Morgan fingerprint density at radius 2 is 1.00 bits per heavy atom. The maximum absolute atomic E-state index is 10.5. The van der Waals surface area contributed by atoms with Gasteiger partial charge in [-0.25, -0.2) is 0 Å². The lowest BCUT2D eigenvalue weighted by Gasteiger charge is -2.06. The predicted molar refractivity (Wildman–Crippen MR) is 66.9 cm³/mol. The predicted octanol–water partition coefficient (Wildman–Crippen LogP) is 3.06. The molecular weight excluding hydrogens is 214 g/mol. The summed E-state index contributed by atoms with van der Waals surface area (Å²) < 4.78 is 0. The van der Waals surface area contributed by atoms with Gasteiger partial charge in [0.2, 0.25) is 0 Å². The molecule has 0 bridgehead atoms. The first-order chi connectivity index (χ1) is 8.31.